The van der Waals surface area contributed by atoms with Crippen molar-refractivity contribution in [3.63, 3.8) is 0 Å². The zero-order valence-electron chi connectivity index (χ0n) is 7.66. The van der Waals surface area contributed by atoms with Crippen molar-refractivity contribution >= 4 is 26.6 Å². The van der Waals surface area contributed by atoms with E-state index in [2.05, 4.69) is 0 Å². The fourth-order valence-electron chi connectivity index (χ4n) is 1.44. The predicted octanol–water partition coefficient (Wildman–Crippen LogP) is 3.82. The van der Waals surface area contributed by atoms with Gasteiger partial charge in [0, 0.05) is 0 Å². The summed E-state index contributed by atoms with van der Waals surface area (Å²) in [6.07, 6.45) is -2.98. The van der Waals surface area contributed by atoms with Crippen molar-refractivity contribution in [3.05, 3.63) is 0 Å². The first-order valence-corrected chi connectivity index (χ1v) is 6.78. The molecule has 15 heavy (non-hydrogen) atoms. The molecule has 0 heterocycles. The Bertz CT molecular complexity index is 218. The summed E-state index contributed by atoms with van der Waals surface area (Å²) >= 11 is 3.96. The molecule has 0 aromatic rings. The van der Waals surface area contributed by atoms with Crippen molar-refractivity contribution in [2.75, 3.05) is 0 Å². The molecule has 0 aromatic heterocycles. The molecule has 0 N–H and O–H groups in total. The molecule has 0 bridgehead atoms. The zero-order valence-corrected chi connectivity index (χ0v) is 10.1. The van der Waals surface area contributed by atoms with Crippen LogP contribution in [0.5, 0.6) is 0 Å². The van der Waals surface area contributed by atoms with Gasteiger partial charge in [0.2, 0.25) is 0 Å². The average molecular weight is 316 g/mol. The molecule has 7 heteroatoms. The van der Waals surface area contributed by atoms with Crippen molar-refractivity contribution in [1.29, 1.82) is 0 Å². The standard InChI is InChI=1S/C8H10ClF5Se/c9-5-3-1-2-4-6(5)15-8(13,14)7(10,11)12/h5-6H,1-4H2/t5-,6-/m1/s1. The molecule has 0 unspecified atom stereocenters. The van der Waals surface area contributed by atoms with Gasteiger partial charge < -0.3 is 0 Å². The number of rotatable bonds is 2. The van der Waals surface area contributed by atoms with Gasteiger partial charge in [-0.15, -0.1) is 0 Å². The van der Waals surface area contributed by atoms with Gasteiger partial charge >= 0.3 is 95.4 Å². The Morgan fingerprint density at radius 1 is 1.00 bits per heavy atom. The van der Waals surface area contributed by atoms with Gasteiger partial charge in [-0.3, -0.25) is 0 Å². The molecular weight excluding hydrogens is 305 g/mol. The van der Waals surface area contributed by atoms with E-state index < -0.39 is 36.1 Å². The quantitative estimate of drug-likeness (QED) is 0.413. The molecule has 0 nitrogen and oxygen atoms in total. The van der Waals surface area contributed by atoms with E-state index in [4.69, 9.17) is 11.6 Å². The molecule has 0 radical (unpaired) electrons. The summed E-state index contributed by atoms with van der Waals surface area (Å²) in [6, 6.07) is 0. The van der Waals surface area contributed by atoms with Gasteiger partial charge in [0.05, 0.1) is 0 Å². The Morgan fingerprint density at radius 2 is 1.53 bits per heavy atom. The monoisotopic (exact) mass is 316 g/mol. The molecule has 0 spiro atoms. The van der Waals surface area contributed by atoms with Crippen molar-refractivity contribution in [2.45, 2.75) is 46.9 Å². The van der Waals surface area contributed by atoms with Crippen LogP contribution in [0.1, 0.15) is 25.7 Å². The summed E-state index contributed by atoms with van der Waals surface area (Å²) in [5, 5.41) is -0.521. The van der Waals surface area contributed by atoms with E-state index in [-0.39, 0.29) is 0 Å². The SMILES string of the molecule is FC(F)(F)C(F)(F)[Se][C@@H]1CCCC[C@H]1Cl. The predicted molar refractivity (Wildman–Crippen MR) is 48.6 cm³/mol. The van der Waals surface area contributed by atoms with Crippen LogP contribution in [0, 0.1) is 0 Å². The first-order valence-electron chi connectivity index (χ1n) is 4.50. The second-order valence-corrected chi connectivity index (χ2v) is 6.87. The van der Waals surface area contributed by atoms with Crippen molar-refractivity contribution in [1.82, 2.24) is 0 Å². The Balaban J connectivity index is 2.59. The third kappa shape index (κ3) is 3.46. The molecule has 1 aliphatic rings. The minimum atomic E-state index is -5.43. The van der Waals surface area contributed by atoms with Gasteiger partial charge in [-0.25, -0.2) is 0 Å². The van der Waals surface area contributed by atoms with Crippen LogP contribution in [0.3, 0.4) is 0 Å². The molecule has 2 atom stereocenters. The topological polar surface area (TPSA) is 0 Å². The van der Waals surface area contributed by atoms with E-state index in [1.807, 2.05) is 0 Å². The number of hydrogen-bond acceptors (Lipinski definition) is 0. The fourth-order valence-corrected chi connectivity index (χ4v) is 4.26. The van der Waals surface area contributed by atoms with Gasteiger partial charge in [0.1, 0.15) is 0 Å². The second kappa shape index (κ2) is 4.76. The first kappa shape index (κ1) is 13.5. The normalized spacial score (nSPS) is 29.2. The summed E-state index contributed by atoms with van der Waals surface area (Å²) in [6.45, 7) is 0. The van der Waals surface area contributed by atoms with Crippen LogP contribution in [0.4, 0.5) is 22.0 Å². The molecule has 0 aromatic carbocycles. The van der Waals surface area contributed by atoms with Crippen LogP contribution in [0.2, 0.25) is 4.82 Å². The van der Waals surface area contributed by atoms with Crippen LogP contribution >= 0.6 is 11.6 Å². The number of alkyl halides is 6. The molecule has 1 aliphatic carbocycles. The van der Waals surface area contributed by atoms with Crippen LogP contribution in [-0.4, -0.2) is 31.3 Å². The van der Waals surface area contributed by atoms with Crippen molar-refractivity contribution in [3.8, 4) is 0 Å². The third-order valence-electron chi connectivity index (χ3n) is 2.25. The molecule has 90 valence electrons. The fraction of sp³-hybridized carbons (Fsp3) is 1.00. The van der Waals surface area contributed by atoms with E-state index in [1.54, 1.807) is 0 Å². The molecule has 0 aliphatic heterocycles. The third-order valence-corrected chi connectivity index (χ3v) is 6.04. The molecule has 1 rings (SSSR count). The minimum absolute atomic E-state index is 0.389. The maximum absolute atomic E-state index is 12.7. The second-order valence-electron chi connectivity index (χ2n) is 3.47. The van der Waals surface area contributed by atoms with Crippen molar-refractivity contribution < 1.29 is 22.0 Å². The summed E-state index contributed by atoms with van der Waals surface area (Å²) < 4.78 is 61.3. The van der Waals surface area contributed by atoms with E-state index in [0.29, 0.717) is 19.3 Å². The van der Waals surface area contributed by atoms with Crippen LogP contribution in [0.25, 0.3) is 0 Å². The Kier molecular flexibility index (Phi) is 4.29. The molecule has 0 saturated heterocycles. The molecule has 1 saturated carbocycles. The van der Waals surface area contributed by atoms with Gasteiger partial charge in [0.25, 0.3) is 0 Å². The molecule has 0 amide bonds. The van der Waals surface area contributed by atoms with Gasteiger partial charge in [-0.1, -0.05) is 0 Å². The zero-order chi connectivity index (χ0) is 11.7. The number of hydrogen-bond donors (Lipinski definition) is 0. The van der Waals surface area contributed by atoms with Crippen LogP contribution < -0.4 is 0 Å². The van der Waals surface area contributed by atoms with Crippen LogP contribution in [-0.2, 0) is 0 Å². The Labute approximate surface area is 95.7 Å². The van der Waals surface area contributed by atoms with E-state index in [9.17, 15) is 22.0 Å². The van der Waals surface area contributed by atoms with E-state index >= 15 is 0 Å². The molecular formula is C8H10ClF5Se. The van der Waals surface area contributed by atoms with Crippen LogP contribution in [0.15, 0.2) is 0 Å². The first-order chi connectivity index (χ1) is 6.74. The Morgan fingerprint density at radius 3 is 2.00 bits per heavy atom. The average Bonchev–Trinajstić information content (AvgIpc) is 2.06. The summed E-state index contributed by atoms with van der Waals surface area (Å²) in [4.78, 5) is -5.21. The number of halogens is 6. The van der Waals surface area contributed by atoms with Gasteiger partial charge in [-0.05, 0) is 0 Å². The van der Waals surface area contributed by atoms with Gasteiger partial charge in [-0.2, -0.15) is 0 Å². The summed E-state index contributed by atoms with van der Waals surface area (Å²) in [7, 11) is 0. The van der Waals surface area contributed by atoms with Gasteiger partial charge in [0.15, 0.2) is 0 Å². The summed E-state index contributed by atoms with van der Waals surface area (Å²) in [5.41, 5.74) is 0. The summed E-state index contributed by atoms with van der Waals surface area (Å²) in [5.74, 6) is 0. The van der Waals surface area contributed by atoms with E-state index in [0.717, 1.165) is 6.42 Å². The Hall–Kier alpha value is 0.459. The van der Waals surface area contributed by atoms with Crippen molar-refractivity contribution in [2.24, 2.45) is 0 Å². The van der Waals surface area contributed by atoms with E-state index in [1.165, 1.54) is 0 Å². The maximum atomic E-state index is 12.7. The molecule has 1 fully saturated rings.